The van der Waals surface area contributed by atoms with Gasteiger partial charge in [-0.15, -0.1) is 0 Å². The van der Waals surface area contributed by atoms with Crippen molar-refractivity contribution in [3.05, 3.63) is 119 Å². The minimum atomic E-state index is -0.862. The summed E-state index contributed by atoms with van der Waals surface area (Å²) in [6.45, 7) is 14.4. The van der Waals surface area contributed by atoms with Crippen LogP contribution in [-0.4, -0.2) is 60.0 Å². The van der Waals surface area contributed by atoms with E-state index in [4.69, 9.17) is 0 Å². The van der Waals surface area contributed by atoms with Gasteiger partial charge < -0.3 is 84.2 Å². The molecule has 9 heteroatoms. The van der Waals surface area contributed by atoms with E-state index in [-0.39, 0.29) is 154 Å². The normalized spacial score (nSPS) is 6.80. The van der Waals surface area contributed by atoms with Gasteiger partial charge in [0.2, 0.25) is 0 Å². The summed E-state index contributed by atoms with van der Waals surface area (Å²) in [5, 5.41) is 0. The molecule has 2 aromatic carbocycles. The minimum absolute atomic E-state index is 0. The molecule has 2 rings (SSSR count). The van der Waals surface area contributed by atoms with Crippen molar-refractivity contribution in [2.24, 2.45) is 0 Å². The van der Waals surface area contributed by atoms with Gasteiger partial charge in [-0.05, 0) is 43.9 Å². The number of rotatable bonds is 4. The molecule has 0 aromatic heterocycles. The Morgan fingerprint density at radius 2 is 0.571 bits per heavy atom. The van der Waals surface area contributed by atoms with E-state index in [0.29, 0.717) is 0 Å². The standard InChI is InChI=1S/2C9H15Si.8CH3.2ClH.Hf.4H3Si/c2*1-10(2,3)8-9-6-4-5-7-9;;;;;;;;;;;;;;;/h2*4-7H,8H2,1-3H3;8*1H3;2*1H;;4*1H3/q10*-1;;;;;;;/p-2. The molecule has 0 aliphatic heterocycles. The van der Waals surface area contributed by atoms with E-state index in [9.17, 15) is 0 Å². The maximum absolute atomic E-state index is 2.40. The smallest absolute Gasteiger partial charge is 0.0371 e. The molecule has 0 N–H and O–H groups in total. The number of halogens is 2. The molecule has 0 heterocycles. The average Bonchev–Trinajstić information content (AvgIpc) is 2.87. The van der Waals surface area contributed by atoms with Crippen LogP contribution in [0.4, 0.5) is 0 Å². The van der Waals surface area contributed by atoms with Gasteiger partial charge >= 0.3 is 0 Å². The maximum Gasteiger partial charge on any atom is 0.0371 e. The Balaban J connectivity index is -0.0000000123. The van der Waals surface area contributed by atoms with E-state index in [1.807, 2.05) is 0 Å². The fraction of sp³-hybridized carbons (Fsp3) is 0.308. The number of hydrogen-bond acceptors (Lipinski definition) is 0. The van der Waals surface area contributed by atoms with Crippen molar-refractivity contribution in [2.45, 2.75) is 51.4 Å². The Labute approximate surface area is 278 Å². The van der Waals surface area contributed by atoms with Crippen LogP contribution in [0.3, 0.4) is 0 Å². The van der Waals surface area contributed by atoms with Gasteiger partial charge in [0.25, 0.3) is 0 Å². The van der Waals surface area contributed by atoms with E-state index in [2.05, 4.69) is 87.8 Å². The van der Waals surface area contributed by atoms with E-state index in [0.717, 1.165) is 0 Å². The van der Waals surface area contributed by atoms with Gasteiger partial charge in [-0.2, -0.15) is 35.4 Å². The Hall–Kier alpha value is 1.45. The molecule has 35 heavy (non-hydrogen) atoms. The predicted molar refractivity (Wildman–Crippen MR) is 189 cm³/mol. The van der Waals surface area contributed by atoms with Crippen LogP contribution in [0.2, 0.25) is 39.3 Å². The zero-order valence-corrected chi connectivity index (χ0v) is 42.4. The van der Waals surface area contributed by atoms with E-state index in [1.54, 1.807) is 0 Å². The first-order valence-corrected chi connectivity index (χ1v) is 15.0. The molecule has 224 valence electrons. The van der Waals surface area contributed by atoms with Gasteiger partial charge in [-0.3, -0.25) is 0 Å². The van der Waals surface area contributed by atoms with Crippen LogP contribution in [0.5, 0.6) is 0 Å². The fourth-order valence-electron chi connectivity index (χ4n) is 2.29. The Kier molecular flexibility index (Phi) is 138. The van der Waals surface area contributed by atoms with Crippen LogP contribution >= 0.6 is 0 Å². The van der Waals surface area contributed by atoms with Crippen molar-refractivity contribution >= 4 is 60.0 Å². The van der Waals surface area contributed by atoms with Gasteiger partial charge in [0.1, 0.15) is 0 Å². The van der Waals surface area contributed by atoms with Crippen molar-refractivity contribution in [3.63, 3.8) is 0 Å². The molecular formula is C26H66Cl2HfSi6-12. The third kappa shape index (κ3) is 61.2. The van der Waals surface area contributed by atoms with Gasteiger partial charge in [0.15, 0.2) is 0 Å². The molecule has 0 saturated heterocycles. The van der Waals surface area contributed by atoms with Crippen LogP contribution in [0.15, 0.2) is 48.5 Å². The molecule has 2 aromatic rings. The summed E-state index contributed by atoms with van der Waals surface area (Å²) in [7, 11) is -1.72. The van der Waals surface area contributed by atoms with Crippen LogP contribution in [-0.2, 0) is 37.9 Å². The zero-order valence-electron chi connectivity index (χ0n) is 27.3. The third-order valence-corrected chi connectivity index (χ3v) is 5.87. The largest absolute Gasteiger partial charge is 1.00 e. The molecule has 0 atom stereocenters. The van der Waals surface area contributed by atoms with Crippen molar-refractivity contribution in [1.29, 1.82) is 0 Å². The van der Waals surface area contributed by atoms with Crippen LogP contribution in [0, 0.1) is 59.4 Å². The van der Waals surface area contributed by atoms with Gasteiger partial charge in [-0.25, -0.2) is 24.3 Å². The first-order valence-electron chi connectivity index (χ1n) is 7.57. The van der Waals surface area contributed by atoms with Crippen LogP contribution in [0.25, 0.3) is 0 Å². The van der Waals surface area contributed by atoms with Crippen LogP contribution < -0.4 is 24.8 Å². The van der Waals surface area contributed by atoms with E-state index >= 15 is 0 Å². The maximum atomic E-state index is 2.40. The molecule has 0 fully saturated rings. The van der Waals surface area contributed by atoms with Crippen molar-refractivity contribution in [1.82, 2.24) is 0 Å². The molecule has 0 nitrogen and oxygen atoms in total. The molecule has 0 saturated carbocycles. The summed E-state index contributed by atoms with van der Waals surface area (Å²) < 4.78 is 0. The van der Waals surface area contributed by atoms with Gasteiger partial charge in [0.05, 0.1) is 0 Å². The second kappa shape index (κ2) is 48.5. The summed E-state index contributed by atoms with van der Waals surface area (Å²) in [4.78, 5) is 0. The molecule has 0 spiro atoms. The van der Waals surface area contributed by atoms with Crippen molar-refractivity contribution in [3.8, 4) is 0 Å². The summed E-state index contributed by atoms with van der Waals surface area (Å²) in [5.74, 6) is 0. The van der Waals surface area contributed by atoms with E-state index < -0.39 is 16.1 Å². The molecule has 0 bridgehead atoms. The molecule has 0 aliphatic carbocycles. The average molecular weight is 797 g/mol. The summed E-state index contributed by atoms with van der Waals surface area (Å²) in [6, 6.07) is 20.0. The van der Waals surface area contributed by atoms with Gasteiger partial charge in [-0.1, -0.05) is 51.4 Å². The molecule has 4 radical (unpaired) electrons. The van der Waals surface area contributed by atoms with Crippen molar-refractivity contribution < 1.29 is 50.7 Å². The fourth-order valence-corrected chi connectivity index (χ4v) is 5.21. The van der Waals surface area contributed by atoms with Gasteiger partial charge in [0, 0.05) is 42.0 Å². The van der Waals surface area contributed by atoms with Crippen LogP contribution in [0.1, 0.15) is 11.1 Å². The minimum Gasteiger partial charge on any atom is -1.00 e. The van der Waals surface area contributed by atoms with E-state index in [1.165, 1.54) is 23.2 Å². The first-order chi connectivity index (χ1) is 9.16. The molecule has 0 unspecified atom stereocenters. The topological polar surface area (TPSA) is 0 Å². The Morgan fingerprint density at radius 1 is 0.429 bits per heavy atom. The quantitative estimate of drug-likeness (QED) is 0.262. The summed E-state index contributed by atoms with van der Waals surface area (Å²) in [6.07, 6.45) is 0. The molecule has 0 aliphatic rings. The summed E-state index contributed by atoms with van der Waals surface area (Å²) in [5.41, 5.74) is 3.03. The second-order valence-corrected chi connectivity index (χ2v) is 19.0. The Bertz CT molecular complexity index is 435. The SMILES string of the molecule is C[Si](C)(C)C[c-]1cccc1.C[Si](C)(C)C[c-]1cccc1.[CH3-].[CH3-].[CH3-].[CH3-].[CH3-].[CH3-].[CH3-].[CH3-].[Cl-].[Cl-].[Hf].[SiH3].[SiH3].[SiH3].[SiH3]. The third-order valence-electron chi connectivity index (χ3n) is 2.93. The summed E-state index contributed by atoms with van der Waals surface area (Å²) >= 11 is 0. The molecule has 0 amide bonds. The zero-order chi connectivity index (χ0) is 15.2. The first kappa shape index (κ1) is 99.6. The Morgan fingerprint density at radius 3 is 0.686 bits per heavy atom. The number of hydrogen-bond donors (Lipinski definition) is 0. The second-order valence-electron chi connectivity index (χ2n) is 8.06. The molecular weight excluding hydrogens is 730 g/mol. The predicted octanol–water partition coefficient (Wildman–Crippen LogP) is -1.48. The monoisotopic (exact) mass is 796 g/mol. The van der Waals surface area contributed by atoms with Crippen molar-refractivity contribution in [2.75, 3.05) is 0 Å².